The molecular formula is C24H27N7O2. The first kappa shape index (κ1) is 22.2. The highest BCUT2D eigenvalue weighted by atomic mass is 16.2. The van der Waals surface area contributed by atoms with Crippen LogP contribution in [0.4, 0.5) is 23.1 Å². The van der Waals surface area contributed by atoms with E-state index in [-0.39, 0.29) is 23.6 Å². The summed E-state index contributed by atoms with van der Waals surface area (Å²) in [5.74, 6) is -0.0141. The fourth-order valence-corrected chi connectivity index (χ4v) is 3.60. The Morgan fingerprint density at radius 1 is 1.06 bits per heavy atom. The van der Waals surface area contributed by atoms with Crippen molar-refractivity contribution in [2.45, 2.75) is 18.4 Å². The minimum atomic E-state index is -0.599. The Hall–Kier alpha value is -3.98. The second-order valence-corrected chi connectivity index (χ2v) is 8.39. The monoisotopic (exact) mass is 445 g/mol. The molecule has 33 heavy (non-hydrogen) atoms. The molecular weight excluding hydrogens is 418 g/mol. The molecule has 0 aliphatic heterocycles. The van der Waals surface area contributed by atoms with E-state index in [2.05, 4.69) is 38.1 Å². The van der Waals surface area contributed by atoms with E-state index in [0.29, 0.717) is 23.1 Å². The minimum Gasteiger partial charge on any atom is -0.365 e. The fraction of sp³-hybridized carbons (Fsp3) is 0.250. The first-order valence-corrected chi connectivity index (χ1v) is 10.7. The Morgan fingerprint density at radius 2 is 1.79 bits per heavy atom. The van der Waals surface area contributed by atoms with Crippen molar-refractivity contribution < 1.29 is 9.59 Å². The molecule has 1 saturated carbocycles. The number of likely N-dealkylation sites (N-methyl/N-ethyl adjacent to an activating group) is 1. The molecule has 4 rings (SSSR count). The molecule has 9 nitrogen and oxygen atoms in total. The number of carbonyl (C=O) groups excluding carboxylic acids is 2. The molecule has 1 heterocycles. The molecule has 5 N–H and O–H groups in total. The number of primary amides is 1. The number of nitrogens with one attached hydrogen (secondary N) is 3. The van der Waals surface area contributed by atoms with Gasteiger partial charge in [0.15, 0.2) is 0 Å². The van der Waals surface area contributed by atoms with Gasteiger partial charge in [-0.05, 0) is 50.7 Å². The van der Waals surface area contributed by atoms with E-state index in [1.807, 2.05) is 44.4 Å². The van der Waals surface area contributed by atoms with Gasteiger partial charge in [0.25, 0.3) is 5.91 Å². The summed E-state index contributed by atoms with van der Waals surface area (Å²) in [5.41, 5.74) is 8.01. The number of nitrogens with two attached hydrogens (primary N) is 1. The number of aromatic nitrogens is 2. The van der Waals surface area contributed by atoms with Crippen LogP contribution < -0.4 is 21.7 Å². The van der Waals surface area contributed by atoms with Gasteiger partial charge < -0.3 is 26.6 Å². The molecule has 9 heteroatoms. The number of rotatable bonds is 9. The Bertz CT molecular complexity index is 1160. The predicted octanol–water partition coefficient (Wildman–Crippen LogP) is 2.92. The van der Waals surface area contributed by atoms with Crippen molar-refractivity contribution in [1.82, 2.24) is 14.9 Å². The van der Waals surface area contributed by atoms with E-state index in [1.54, 1.807) is 17.0 Å². The SMILES string of the molecule is CN(C)CC(=O)Nc1cccc(Nc2ncc(C(N)=O)c(NC3(c4ccccc4)CC3)n2)c1. The van der Waals surface area contributed by atoms with Crippen molar-refractivity contribution in [3.63, 3.8) is 0 Å². The molecule has 1 aliphatic rings. The average molecular weight is 446 g/mol. The van der Waals surface area contributed by atoms with Gasteiger partial charge in [-0.1, -0.05) is 36.4 Å². The summed E-state index contributed by atoms with van der Waals surface area (Å²) in [6.45, 7) is 0.285. The van der Waals surface area contributed by atoms with Crippen molar-refractivity contribution in [3.05, 3.63) is 71.9 Å². The Balaban J connectivity index is 1.55. The van der Waals surface area contributed by atoms with Gasteiger partial charge in [-0.25, -0.2) is 4.98 Å². The quantitative estimate of drug-likeness (QED) is 0.399. The van der Waals surface area contributed by atoms with Crippen LogP contribution in [0.25, 0.3) is 0 Å². The first-order chi connectivity index (χ1) is 15.8. The number of anilines is 4. The van der Waals surface area contributed by atoms with Crippen molar-refractivity contribution >= 4 is 35.0 Å². The second-order valence-electron chi connectivity index (χ2n) is 8.39. The lowest BCUT2D eigenvalue weighted by atomic mass is 10.0. The molecule has 0 atom stereocenters. The summed E-state index contributed by atoms with van der Waals surface area (Å²) >= 11 is 0. The van der Waals surface area contributed by atoms with Gasteiger partial charge in [-0.3, -0.25) is 9.59 Å². The zero-order chi connectivity index (χ0) is 23.4. The molecule has 0 unspecified atom stereocenters. The summed E-state index contributed by atoms with van der Waals surface area (Å²) in [6.07, 6.45) is 3.27. The third-order valence-corrected chi connectivity index (χ3v) is 5.35. The summed E-state index contributed by atoms with van der Waals surface area (Å²) in [5, 5.41) is 9.42. The molecule has 170 valence electrons. The maximum absolute atomic E-state index is 12.0. The summed E-state index contributed by atoms with van der Waals surface area (Å²) in [4.78, 5) is 34.6. The third kappa shape index (κ3) is 5.45. The second kappa shape index (κ2) is 9.25. The highest BCUT2D eigenvalue weighted by Crippen LogP contribution is 2.48. The Morgan fingerprint density at radius 3 is 2.45 bits per heavy atom. The molecule has 0 bridgehead atoms. The van der Waals surface area contributed by atoms with Crippen molar-refractivity contribution in [2.75, 3.05) is 36.6 Å². The topological polar surface area (TPSA) is 125 Å². The lowest BCUT2D eigenvalue weighted by Gasteiger charge is -2.20. The van der Waals surface area contributed by atoms with Gasteiger partial charge in [-0.15, -0.1) is 0 Å². The van der Waals surface area contributed by atoms with Crippen LogP contribution in [-0.2, 0) is 10.3 Å². The molecule has 1 aromatic heterocycles. The normalized spacial score (nSPS) is 13.9. The van der Waals surface area contributed by atoms with E-state index in [0.717, 1.165) is 18.4 Å². The molecule has 3 aromatic rings. The minimum absolute atomic E-state index is 0.110. The number of carbonyl (C=O) groups is 2. The fourth-order valence-electron chi connectivity index (χ4n) is 3.60. The zero-order valence-electron chi connectivity index (χ0n) is 18.6. The molecule has 1 fully saturated rings. The largest absolute Gasteiger partial charge is 0.365 e. The van der Waals surface area contributed by atoms with E-state index in [9.17, 15) is 9.59 Å². The molecule has 0 spiro atoms. The molecule has 0 saturated heterocycles. The van der Waals surface area contributed by atoms with E-state index in [1.165, 1.54) is 6.20 Å². The highest BCUT2D eigenvalue weighted by Gasteiger charge is 2.45. The van der Waals surface area contributed by atoms with Crippen molar-refractivity contribution in [3.8, 4) is 0 Å². The smallest absolute Gasteiger partial charge is 0.254 e. The number of benzene rings is 2. The third-order valence-electron chi connectivity index (χ3n) is 5.35. The predicted molar refractivity (Wildman–Crippen MR) is 128 cm³/mol. The number of nitrogens with zero attached hydrogens (tertiary/aromatic N) is 3. The van der Waals surface area contributed by atoms with Crippen LogP contribution in [0.2, 0.25) is 0 Å². The van der Waals surface area contributed by atoms with Crippen molar-refractivity contribution in [2.24, 2.45) is 5.73 Å². The van der Waals surface area contributed by atoms with Crippen LogP contribution in [0.1, 0.15) is 28.8 Å². The van der Waals surface area contributed by atoms with Crippen molar-refractivity contribution in [1.29, 1.82) is 0 Å². The lowest BCUT2D eigenvalue weighted by Crippen LogP contribution is -2.27. The van der Waals surface area contributed by atoms with Crippen LogP contribution in [0, 0.1) is 0 Å². The van der Waals surface area contributed by atoms with Crippen LogP contribution in [0.3, 0.4) is 0 Å². The molecule has 0 radical (unpaired) electrons. The van der Waals surface area contributed by atoms with Crippen LogP contribution in [0.5, 0.6) is 0 Å². The van der Waals surface area contributed by atoms with Gasteiger partial charge in [0.2, 0.25) is 11.9 Å². The first-order valence-electron chi connectivity index (χ1n) is 10.7. The maximum atomic E-state index is 12.0. The van der Waals surface area contributed by atoms with E-state index < -0.39 is 5.91 Å². The van der Waals surface area contributed by atoms with Gasteiger partial charge in [-0.2, -0.15) is 4.98 Å². The highest BCUT2D eigenvalue weighted by molar-refractivity contribution is 5.97. The van der Waals surface area contributed by atoms with Crippen LogP contribution in [0.15, 0.2) is 60.8 Å². The van der Waals surface area contributed by atoms with Gasteiger partial charge in [0, 0.05) is 17.6 Å². The van der Waals surface area contributed by atoms with Gasteiger partial charge in [0.05, 0.1) is 17.6 Å². The molecule has 2 aromatic carbocycles. The molecule has 1 aliphatic carbocycles. The van der Waals surface area contributed by atoms with Gasteiger partial charge >= 0.3 is 0 Å². The number of hydrogen-bond acceptors (Lipinski definition) is 7. The summed E-state index contributed by atoms with van der Waals surface area (Å²) in [6, 6.07) is 17.3. The number of hydrogen-bond donors (Lipinski definition) is 4. The number of amides is 2. The average Bonchev–Trinajstić information content (AvgIpc) is 3.54. The summed E-state index contributed by atoms with van der Waals surface area (Å²) in [7, 11) is 3.67. The van der Waals surface area contributed by atoms with Crippen LogP contribution in [-0.4, -0.2) is 47.3 Å². The Kier molecular flexibility index (Phi) is 6.23. The maximum Gasteiger partial charge on any atom is 0.254 e. The zero-order valence-corrected chi connectivity index (χ0v) is 18.6. The van der Waals surface area contributed by atoms with E-state index >= 15 is 0 Å². The molecule has 2 amide bonds. The van der Waals surface area contributed by atoms with E-state index in [4.69, 9.17) is 5.73 Å². The standard InChI is InChI=1S/C24H27N7O2/c1-31(2)15-20(32)27-17-9-6-10-18(13-17)28-23-26-14-19(21(25)33)22(29-23)30-24(11-12-24)16-7-4-3-5-8-16/h3-10,13-14H,11-12,15H2,1-2H3,(H2,25,33)(H,27,32)(H2,26,28,29,30). The summed E-state index contributed by atoms with van der Waals surface area (Å²) < 4.78 is 0. The van der Waals surface area contributed by atoms with Gasteiger partial charge in [0.1, 0.15) is 5.82 Å². The lowest BCUT2D eigenvalue weighted by molar-refractivity contribution is -0.116. The Labute approximate surface area is 192 Å². The van der Waals surface area contributed by atoms with Crippen LogP contribution >= 0.6 is 0 Å².